The minimum atomic E-state index is -3.54. The van der Waals surface area contributed by atoms with Gasteiger partial charge in [0.25, 0.3) is 5.89 Å². The van der Waals surface area contributed by atoms with E-state index in [0.29, 0.717) is 5.89 Å². The number of hydrogen-bond acceptors (Lipinski definition) is 7. The highest BCUT2D eigenvalue weighted by molar-refractivity contribution is 7.91. The second-order valence-corrected chi connectivity index (χ2v) is 8.52. The average Bonchev–Trinajstić information content (AvgIpc) is 3.14. The highest BCUT2D eigenvalue weighted by Gasteiger charge is 2.18. The number of sulfone groups is 1. The molecule has 0 amide bonds. The third-order valence-corrected chi connectivity index (χ3v) is 5.78. The fraction of sp³-hybridized carbons (Fsp3) is 0.250. The first kappa shape index (κ1) is 19.8. The number of nitrogens with zero attached hydrogens (tertiary/aromatic N) is 2. The van der Waals surface area contributed by atoms with Crippen LogP contribution in [0, 0.1) is 13.8 Å². The third kappa shape index (κ3) is 5.04. The molecule has 0 bridgehead atoms. The zero-order valence-electron chi connectivity index (χ0n) is 15.6. The maximum atomic E-state index is 12.3. The van der Waals surface area contributed by atoms with Crippen LogP contribution in [0.25, 0.3) is 11.5 Å². The fourth-order valence-corrected chi connectivity index (χ4v) is 3.72. The molecule has 1 aromatic heterocycles. The Bertz CT molecular complexity index is 1070. The van der Waals surface area contributed by atoms with Gasteiger partial charge in [0.1, 0.15) is 0 Å². The summed E-state index contributed by atoms with van der Waals surface area (Å²) in [7, 11) is -3.54. The Morgan fingerprint density at radius 1 is 1.04 bits per heavy atom. The Hall–Kier alpha value is -3.00. The second kappa shape index (κ2) is 8.35. The Morgan fingerprint density at radius 3 is 2.50 bits per heavy atom. The molecular weight excluding hydrogens is 380 g/mol. The largest absolute Gasteiger partial charge is 0.456 e. The maximum Gasteiger partial charge on any atom is 0.307 e. The van der Waals surface area contributed by atoms with Crippen molar-refractivity contribution in [2.24, 2.45) is 0 Å². The molecule has 0 N–H and O–H groups in total. The van der Waals surface area contributed by atoms with Crippen molar-refractivity contribution in [1.29, 1.82) is 0 Å². The van der Waals surface area contributed by atoms with E-state index in [4.69, 9.17) is 9.15 Å². The molecule has 3 rings (SSSR count). The van der Waals surface area contributed by atoms with Gasteiger partial charge < -0.3 is 9.15 Å². The number of carbonyl (C=O) groups is 1. The summed E-state index contributed by atoms with van der Waals surface area (Å²) < 4.78 is 35.1. The summed E-state index contributed by atoms with van der Waals surface area (Å²) in [6.07, 6.45) is -0.255. The molecular formula is C20H20N2O5S. The molecule has 0 aliphatic rings. The lowest BCUT2D eigenvalue weighted by molar-refractivity contribution is -0.145. The van der Waals surface area contributed by atoms with Crippen LogP contribution < -0.4 is 0 Å². The highest BCUT2D eigenvalue weighted by atomic mass is 32.2. The third-order valence-electron chi connectivity index (χ3n) is 4.04. The summed E-state index contributed by atoms with van der Waals surface area (Å²) in [6.45, 7) is 3.62. The molecule has 28 heavy (non-hydrogen) atoms. The molecule has 8 heteroatoms. The quantitative estimate of drug-likeness (QED) is 0.561. The van der Waals surface area contributed by atoms with Gasteiger partial charge in [-0.05, 0) is 38.1 Å². The predicted molar refractivity (Wildman–Crippen MR) is 102 cm³/mol. The van der Waals surface area contributed by atoms with E-state index in [1.54, 1.807) is 12.1 Å². The van der Waals surface area contributed by atoms with Crippen LogP contribution in [0.5, 0.6) is 0 Å². The van der Waals surface area contributed by atoms with Gasteiger partial charge in [0.2, 0.25) is 5.89 Å². The lowest BCUT2D eigenvalue weighted by Gasteiger charge is -2.05. The van der Waals surface area contributed by atoms with Crippen LogP contribution in [-0.4, -0.2) is 30.3 Å². The first-order valence-electron chi connectivity index (χ1n) is 8.68. The zero-order valence-corrected chi connectivity index (χ0v) is 16.4. The summed E-state index contributed by atoms with van der Waals surface area (Å²) >= 11 is 0. The van der Waals surface area contributed by atoms with E-state index in [0.717, 1.165) is 16.7 Å². The molecule has 146 valence electrons. The average molecular weight is 400 g/mol. The smallest absolute Gasteiger partial charge is 0.307 e. The topological polar surface area (TPSA) is 99.4 Å². The summed E-state index contributed by atoms with van der Waals surface area (Å²) in [5.74, 6) is -0.498. The lowest BCUT2D eigenvalue weighted by Crippen LogP contribution is -2.13. The molecule has 2 aromatic carbocycles. The van der Waals surface area contributed by atoms with Gasteiger partial charge in [0, 0.05) is 5.56 Å². The van der Waals surface area contributed by atoms with Crippen molar-refractivity contribution in [1.82, 2.24) is 10.2 Å². The van der Waals surface area contributed by atoms with E-state index in [2.05, 4.69) is 10.2 Å². The fourth-order valence-electron chi connectivity index (χ4n) is 2.50. The predicted octanol–water partition coefficient (Wildman–Crippen LogP) is 3.26. The first-order valence-corrected chi connectivity index (χ1v) is 10.3. The van der Waals surface area contributed by atoms with Gasteiger partial charge >= 0.3 is 5.97 Å². The van der Waals surface area contributed by atoms with E-state index < -0.39 is 15.8 Å². The molecule has 0 spiro atoms. The molecule has 0 saturated heterocycles. The van der Waals surface area contributed by atoms with E-state index in [1.165, 1.54) is 12.1 Å². The number of esters is 1. The van der Waals surface area contributed by atoms with Crippen molar-refractivity contribution in [3.63, 3.8) is 0 Å². The number of ether oxygens (including phenoxy) is 1. The molecule has 0 aliphatic carbocycles. The Kier molecular flexibility index (Phi) is 5.89. The van der Waals surface area contributed by atoms with Crippen molar-refractivity contribution in [2.75, 3.05) is 5.75 Å². The summed E-state index contributed by atoms with van der Waals surface area (Å²) in [6, 6.07) is 14.1. The second-order valence-electron chi connectivity index (χ2n) is 6.41. The van der Waals surface area contributed by atoms with Gasteiger partial charge in [0.05, 0.1) is 17.1 Å². The standard InChI is InChI=1S/C20H20N2O5S/c1-14-6-8-17(9-7-14)28(24,25)11-10-19(23)26-13-18-21-22-20(27-18)16-5-3-4-15(2)12-16/h3-9,12H,10-11,13H2,1-2H3. The Morgan fingerprint density at radius 2 is 1.79 bits per heavy atom. The van der Waals surface area contributed by atoms with E-state index in [9.17, 15) is 13.2 Å². The Balaban J connectivity index is 1.53. The zero-order chi connectivity index (χ0) is 20.1. The molecule has 0 aliphatic heterocycles. The SMILES string of the molecule is Cc1ccc(S(=O)(=O)CCC(=O)OCc2nnc(-c3cccc(C)c3)o2)cc1. The minimum absolute atomic E-state index is 0.145. The highest BCUT2D eigenvalue weighted by Crippen LogP contribution is 2.19. The van der Waals surface area contributed by atoms with Crippen LogP contribution >= 0.6 is 0 Å². The number of hydrogen-bond donors (Lipinski definition) is 0. The van der Waals surface area contributed by atoms with Crippen LogP contribution in [0.2, 0.25) is 0 Å². The van der Waals surface area contributed by atoms with Gasteiger partial charge in [-0.3, -0.25) is 4.79 Å². The van der Waals surface area contributed by atoms with Crippen molar-refractivity contribution in [3.8, 4) is 11.5 Å². The van der Waals surface area contributed by atoms with Gasteiger partial charge in [-0.2, -0.15) is 0 Å². The molecule has 0 unspecified atom stereocenters. The number of benzene rings is 2. The normalized spacial score (nSPS) is 11.4. The van der Waals surface area contributed by atoms with Gasteiger partial charge in [-0.15, -0.1) is 10.2 Å². The van der Waals surface area contributed by atoms with Gasteiger partial charge in [-0.25, -0.2) is 8.42 Å². The van der Waals surface area contributed by atoms with E-state index >= 15 is 0 Å². The maximum absolute atomic E-state index is 12.3. The molecule has 0 radical (unpaired) electrons. The lowest BCUT2D eigenvalue weighted by atomic mass is 10.1. The monoisotopic (exact) mass is 400 g/mol. The number of carbonyl (C=O) groups excluding carboxylic acids is 1. The molecule has 0 fully saturated rings. The van der Waals surface area contributed by atoms with Crippen LogP contribution in [0.1, 0.15) is 23.4 Å². The van der Waals surface area contributed by atoms with E-state index in [1.807, 2.05) is 38.1 Å². The number of aryl methyl sites for hydroxylation is 2. The molecule has 7 nitrogen and oxygen atoms in total. The van der Waals surface area contributed by atoms with Crippen LogP contribution in [0.4, 0.5) is 0 Å². The van der Waals surface area contributed by atoms with E-state index in [-0.39, 0.29) is 29.6 Å². The van der Waals surface area contributed by atoms with Crippen molar-refractivity contribution in [3.05, 3.63) is 65.5 Å². The minimum Gasteiger partial charge on any atom is -0.456 e. The molecule has 3 aromatic rings. The molecule has 0 atom stereocenters. The molecule has 1 heterocycles. The Labute approximate surface area is 163 Å². The summed E-state index contributed by atoms with van der Waals surface area (Å²) in [5.41, 5.74) is 2.79. The van der Waals surface area contributed by atoms with Crippen LogP contribution in [0.3, 0.4) is 0 Å². The van der Waals surface area contributed by atoms with Crippen molar-refractivity contribution >= 4 is 15.8 Å². The summed E-state index contributed by atoms with van der Waals surface area (Å²) in [4.78, 5) is 12.1. The number of aromatic nitrogens is 2. The van der Waals surface area contributed by atoms with Gasteiger partial charge in [0.15, 0.2) is 16.4 Å². The first-order chi connectivity index (χ1) is 13.3. The van der Waals surface area contributed by atoms with Gasteiger partial charge in [-0.1, -0.05) is 35.4 Å². The van der Waals surface area contributed by atoms with Crippen molar-refractivity contribution in [2.45, 2.75) is 31.8 Å². The number of rotatable bonds is 7. The van der Waals surface area contributed by atoms with Crippen molar-refractivity contribution < 1.29 is 22.4 Å². The van der Waals surface area contributed by atoms with Crippen LogP contribution in [0.15, 0.2) is 57.8 Å². The summed E-state index contributed by atoms with van der Waals surface area (Å²) in [5, 5.41) is 7.78. The van der Waals surface area contributed by atoms with Crippen LogP contribution in [-0.2, 0) is 26.0 Å². The molecule has 0 saturated carbocycles.